The number of likely N-dealkylation sites (tertiary alicyclic amines) is 1. The predicted molar refractivity (Wildman–Crippen MR) is 99.9 cm³/mol. The van der Waals surface area contributed by atoms with E-state index < -0.39 is 12.0 Å². The van der Waals surface area contributed by atoms with E-state index in [-0.39, 0.29) is 6.04 Å². The van der Waals surface area contributed by atoms with E-state index in [0.717, 1.165) is 24.1 Å². The van der Waals surface area contributed by atoms with Crippen LogP contribution in [0.2, 0.25) is 0 Å². The molecule has 1 heterocycles. The molecule has 3 rings (SSSR count). The van der Waals surface area contributed by atoms with Crippen LogP contribution in [-0.4, -0.2) is 42.8 Å². The van der Waals surface area contributed by atoms with E-state index >= 15 is 0 Å². The minimum Gasteiger partial charge on any atom is -0.493 e. The summed E-state index contributed by atoms with van der Waals surface area (Å²) in [6, 6.07) is 13.5. The van der Waals surface area contributed by atoms with Crippen LogP contribution in [0.15, 0.2) is 42.5 Å². The second-order valence-corrected chi connectivity index (χ2v) is 6.66. The second-order valence-electron chi connectivity index (χ2n) is 6.66. The molecule has 1 saturated heterocycles. The van der Waals surface area contributed by atoms with Gasteiger partial charge in [-0.3, -0.25) is 9.69 Å². The molecule has 0 spiro atoms. The molecule has 0 saturated carbocycles. The highest BCUT2D eigenvalue weighted by molar-refractivity contribution is 5.74. The van der Waals surface area contributed by atoms with Crippen molar-refractivity contribution in [1.82, 2.24) is 4.90 Å². The molecule has 1 N–H and O–H groups in total. The molecule has 5 heteroatoms. The van der Waals surface area contributed by atoms with E-state index in [2.05, 4.69) is 29.2 Å². The van der Waals surface area contributed by atoms with Gasteiger partial charge in [0.05, 0.1) is 20.3 Å². The maximum Gasteiger partial charge on any atom is 0.320 e. The lowest BCUT2D eigenvalue weighted by Crippen LogP contribution is -2.39. The number of nitrogens with zero attached hydrogens (tertiary/aromatic N) is 1. The van der Waals surface area contributed by atoms with Gasteiger partial charge >= 0.3 is 5.97 Å². The molecule has 26 heavy (non-hydrogen) atoms. The minimum absolute atomic E-state index is 0.140. The third-order valence-electron chi connectivity index (χ3n) is 5.03. The van der Waals surface area contributed by atoms with Gasteiger partial charge in [0.15, 0.2) is 11.5 Å². The summed E-state index contributed by atoms with van der Waals surface area (Å²) in [5.74, 6) is 0.545. The van der Waals surface area contributed by atoms with Gasteiger partial charge in [0.1, 0.15) is 6.04 Å². The zero-order chi connectivity index (χ0) is 18.7. The summed E-state index contributed by atoms with van der Waals surface area (Å²) in [5, 5.41) is 9.67. The highest BCUT2D eigenvalue weighted by atomic mass is 16.5. The van der Waals surface area contributed by atoms with Crippen LogP contribution >= 0.6 is 0 Å². The average molecular weight is 355 g/mol. The molecule has 2 aromatic carbocycles. The van der Waals surface area contributed by atoms with Crippen LogP contribution in [0.4, 0.5) is 0 Å². The van der Waals surface area contributed by atoms with Gasteiger partial charge in [-0.25, -0.2) is 0 Å². The summed E-state index contributed by atoms with van der Waals surface area (Å²) in [5.41, 5.74) is 3.26. The van der Waals surface area contributed by atoms with Gasteiger partial charge < -0.3 is 14.6 Å². The molecule has 1 aliphatic heterocycles. The first-order valence-electron chi connectivity index (χ1n) is 8.82. The largest absolute Gasteiger partial charge is 0.493 e. The Hall–Kier alpha value is -2.53. The number of carbonyl (C=O) groups is 1. The number of carboxylic acids is 1. The van der Waals surface area contributed by atoms with Crippen LogP contribution in [0.3, 0.4) is 0 Å². The molecule has 2 aromatic rings. The molecule has 1 aliphatic rings. The van der Waals surface area contributed by atoms with Crippen molar-refractivity contribution >= 4 is 5.97 Å². The van der Waals surface area contributed by atoms with Crippen LogP contribution in [0, 0.1) is 6.92 Å². The van der Waals surface area contributed by atoms with Gasteiger partial charge in [0.2, 0.25) is 0 Å². The Morgan fingerprint density at radius 1 is 1.08 bits per heavy atom. The summed E-state index contributed by atoms with van der Waals surface area (Å²) in [7, 11) is 3.22. The zero-order valence-corrected chi connectivity index (χ0v) is 15.4. The lowest BCUT2D eigenvalue weighted by molar-refractivity contribution is -0.142. The van der Waals surface area contributed by atoms with Crippen molar-refractivity contribution in [2.24, 2.45) is 0 Å². The van der Waals surface area contributed by atoms with E-state index in [1.54, 1.807) is 14.2 Å². The number of ether oxygens (including phenoxy) is 2. The van der Waals surface area contributed by atoms with Crippen LogP contribution in [0.1, 0.15) is 35.6 Å². The van der Waals surface area contributed by atoms with Crippen molar-refractivity contribution in [2.45, 2.75) is 31.8 Å². The first-order valence-corrected chi connectivity index (χ1v) is 8.82. The maximum atomic E-state index is 11.8. The van der Waals surface area contributed by atoms with E-state index in [1.165, 1.54) is 5.56 Å². The molecule has 2 unspecified atom stereocenters. The van der Waals surface area contributed by atoms with Crippen LogP contribution in [-0.2, 0) is 4.79 Å². The SMILES string of the molecule is COc1ccc(C(c2ccc(C)cc2)N2CCCC2C(=O)O)cc1OC. The Bertz CT molecular complexity index is 772. The number of carboxylic acid groups (broad SMARTS) is 1. The number of hydrogen-bond acceptors (Lipinski definition) is 4. The molecule has 0 radical (unpaired) electrons. The third-order valence-corrected chi connectivity index (χ3v) is 5.03. The Labute approximate surface area is 154 Å². The van der Waals surface area contributed by atoms with Crippen LogP contribution in [0.25, 0.3) is 0 Å². The fourth-order valence-corrected chi connectivity index (χ4v) is 3.71. The molecule has 0 aromatic heterocycles. The van der Waals surface area contributed by atoms with Gasteiger partial charge in [-0.15, -0.1) is 0 Å². The smallest absolute Gasteiger partial charge is 0.320 e. The van der Waals surface area contributed by atoms with Gasteiger partial charge in [0.25, 0.3) is 0 Å². The topological polar surface area (TPSA) is 59.0 Å². The first-order chi connectivity index (χ1) is 12.5. The fraction of sp³-hybridized carbons (Fsp3) is 0.381. The van der Waals surface area contributed by atoms with Crippen molar-refractivity contribution in [1.29, 1.82) is 0 Å². The van der Waals surface area contributed by atoms with Crippen molar-refractivity contribution in [3.63, 3.8) is 0 Å². The molecule has 0 amide bonds. The molecule has 0 bridgehead atoms. The Kier molecular flexibility index (Phi) is 5.47. The molecule has 1 fully saturated rings. The van der Waals surface area contributed by atoms with Crippen LogP contribution < -0.4 is 9.47 Å². The molecule has 138 valence electrons. The number of benzene rings is 2. The normalized spacial score (nSPS) is 18.5. The van der Waals surface area contributed by atoms with E-state index in [4.69, 9.17) is 9.47 Å². The van der Waals surface area contributed by atoms with Crippen molar-refractivity contribution in [3.8, 4) is 11.5 Å². The summed E-state index contributed by atoms with van der Waals surface area (Å²) in [6.07, 6.45) is 1.55. The summed E-state index contributed by atoms with van der Waals surface area (Å²) in [6.45, 7) is 2.80. The Balaban J connectivity index is 2.09. The van der Waals surface area contributed by atoms with Crippen molar-refractivity contribution in [2.75, 3.05) is 20.8 Å². The van der Waals surface area contributed by atoms with Crippen molar-refractivity contribution < 1.29 is 19.4 Å². The van der Waals surface area contributed by atoms with E-state index in [9.17, 15) is 9.90 Å². The Morgan fingerprint density at radius 2 is 1.73 bits per heavy atom. The highest BCUT2D eigenvalue weighted by Gasteiger charge is 2.37. The lowest BCUT2D eigenvalue weighted by atomic mass is 9.95. The highest BCUT2D eigenvalue weighted by Crippen LogP contribution is 2.38. The maximum absolute atomic E-state index is 11.8. The van der Waals surface area contributed by atoms with E-state index in [1.807, 2.05) is 25.1 Å². The van der Waals surface area contributed by atoms with Gasteiger partial charge in [-0.2, -0.15) is 0 Å². The second kappa shape index (κ2) is 7.79. The quantitative estimate of drug-likeness (QED) is 0.857. The molecular formula is C21H25NO4. The number of methoxy groups -OCH3 is 2. The van der Waals surface area contributed by atoms with Gasteiger partial charge in [0, 0.05) is 6.54 Å². The monoisotopic (exact) mass is 355 g/mol. The third kappa shape index (κ3) is 3.53. The zero-order valence-electron chi connectivity index (χ0n) is 15.4. The lowest BCUT2D eigenvalue weighted by Gasteiger charge is -2.32. The van der Waals surface area contributed by atoms with Gasteiger partial charge in [-0.05, 0) is 43.0 Å². The molecular weight excluding hydrogens is 330 g/mol. The van der Waals surface area contributed by atoms with Crippen molar-refractivity contribution in [3.05, 3.63) is 59.2 Å². The standard InChI is InChI=1S/C21H25NO4/c1-14-6-8-15(9-7-14)20(22-12-4-5-17(22)21(23)24)16-10-11-18(25-2)19(13-16)26-3/h6-11,13,17,20H,4-5,12H2,1-3H3,(H,23,24). The summed E-state index contributed by atoms with van der Waals surface area (Å²) < 4.78 is 10.8. The average Bonchev–Trinajstić information content (AvgIpc) is 3.13. The van der Waals surface area contributed by atoms with Crippen LogP contribution in [0.5, 0.6) is 11.5 Å². The van der Waals surface area contributed by atoms with Gasteiger partial charge in [-0.1, -0.05) is 35.9 Å². The number of aliphatic carboxylic acids is 1. The minimum atomic E-state index is -0.764. The summed E-state index contributed by atoms with van der Waals surface area (Å²) in [4.78, 5) is 13.8. The number of hydrogen-bond donors (Lipinski definition) is 1. The fourth-order valence-electron chi connectivity index (χ4n) is 3.71. The predicted octanol–water partition coefficient (Wildman–Crippen LogP) is 3.65. The molecule has 5 nitrogen and oxygen atoms in total. The summed E-state index contributed by atoms with van der Waals surface area (Å²) >= 11 is 0. The molecule has 0 aliphatic carbocycles. The number of aryl methyl sites for hydroxylation is 1. The van der Waals surface area contributed by atoms with E-state index in [0.29, 0.717) is 17.9 Å². The Morgan fingerprint density at radius 3 is 2.35 bits per heavy atom. The molecule has 2 atom stereocenters. The number of rotatable bonds is 6. The first kappa shape index (κ1) is 18.3.